The van der Waals surface area contributed by atoms with Gasteiger partial charge >= 0.3 is 0 Å². The maximum Gasteiger partial charge on any atom is 0.264 e. The lowest BCUT2D eigenvalue weighted by atomic mass is 10.0. The first-order valence-corrected chi connectivity index (χ1v) is 12.3. The molecule has 1 fully saturated rings. The molecule has 0 unspecified atom stereocenters. The van der Waals surface area contributed by atoms with Gasteiger partial charge in [-0.1, -0.05) is 54.6 Å². The van der Waals surface area contributed by atoms with Crippen LogP contribution in [0.5, 0.6) is 0 Å². The van der Waals surface area contributed by atoms with E-state index in [1.165, 1.54) is 16.4 Å². The fourth-order valence-corrected chi connectivity index (χ4v) is 5.47. The zero-order valence-corrected chi connectivity index (χ0v) is 19.7. The van der Waals surface area contributed by atoms with Crippen molar-refractivity contribution in [2.75, 3.05) is 24.1 Å². The number of rotatable bonds is 6. The van der Waals surface area contributed by atoms with Crippen molar-refractivity contribution < 1.29 is 17.9 Å². The molecule has 0 saturated carbocycles. The van der Waals surface area contributed by atoms with Gasteiger partial charge in [-0.3, -0.25) is 9.10 Å². The molecule has 1 aliphatic rings. The van der Waals surface area contributed by atoms with E-state index in [9.17, 15) is 13.2 Å². The molecule has 6 nitrogen and oxygen atoms in total. The number of amides is 1. The number of hydrogen-bond acceptors (Lipinski definition) is 4. The van der Waals surface area contributed by atoms with Crippen molar-refractivity contribution >= 4 is 21.6 Å². The standard InChI is InChI=1S/C26H28N2O4S/c1-26(2)20-32-17-16-27(26)25(29)22-12-9-15-24(18-22)33(30,31)28(23-13-7-4-8-14-23)19-21-10-5-3-6-11-21/h3-15,18H,16-17,19-20H2,1-2H3. The van der Waals surface area contributed by atoms with E-state index < -0.39 is 15.6 Å². The van der Waals surface area contributed by atoms with E-state index in [1.54, 1.807) is 29.2 Å². The fraction of sp³-hybridized carbons (Fsp3) is 0.269. The molecular formula is C26H28N2O4S. The molecule has 0 N–H and O–H groups in total. The van der Waals surface area contributed by atoms with Crippen LogP contribution < -0.4 is 4.31 Å². The van der Waals surface area contributed by atoms with Crippen molar-refractivity contribution in [2.24, 2.45) is 0 Å². The van der Waals surface area contributed by atoms with Crippen LogP contribution in [0.4, 0.5) is 5.69 Å². The molecule has 0 bridgehead atoms. The monoisotopic (exact) mass is 464 g/mol. The number of morpholine rings is 1. The van der Waals surface area contributed by atoms with Crippen LogP contribution in [-0.2, 0) is 21.3 Å². The van der Waals surface area contributed by atoms with E-state index in [4.69, 9.17) is 4.74 Å². The molecule has 3 aromatic carbocycles. The van der Waals surface area contributed by atoms with Crippen molar-refractivity contribution in [2.45, 2.75) is 30.8 Å². The zero-order chi connectivity index (χ0) is 23.5. The summed E-state index contributed by atoms with van der Waals surface area (Å²) in [6.45, 7) is 5.44. The van der Waals surface area contributed by atoms with Gasteiger partial charge in [-0.2, -0.15) is 0 Å². The molecule has 7 heteroatoms. The SMILES string of the molecule is CC1(C)COCCN1C(=O)c1cccc(S(=O)(=O)N(Cc2ccccc2)c2ccccc2)c1. The van der Waals surface area contributed by atoms with E-state index in [0.717, 1.165) is 5.56 Å². The highest BCUT2D eigenvalue weighted by Crippen LogP contribution is 2.28. The molecule has 1 amide bonds. The van der Waals surface area contributed by atoms with Crippen LogP contribution in [0.15, 0.2) is 89.8 Å². The van der Waals surface area contributed by atoms with Crippen LogP contribution in [0.3, 0.4) is 0 Å². The molecule has 0 radical (unpaired) electrons. The number of hydrogen-bond donors (Lipinski definition) is 0. The minimum Gasteiger partial charge on any atom is -0.377 e. The third kappa shape index (κ3) is 4.94. The van der Waals surface area contributed by atoms with E-state index >= 15 is 0 Å². The van der Waals surface area contributed by atoms with Gasteiger partial charge in [0.2, 0.25) is 0 Å². The molecule has 1 aliphatic heterocycles. The Morgan fingerprint density at radius 2 is 1.64 bits per heavy atom. The molecule has 4 rings (SSSR count). The second-order valence-electron chi connectivity index (χ2n) is 8.68. The summed E-state index contributed by atoms with van der Waals surface area (Å²) in [4.78, 5) is 15.1. The molecule has 3 aromatic rings. The number of para-hydroxylation sites is 1. The predicted octanol–water partition coefficient (Wildman–Crippen LogP) is 4.33. The van der Waals surface area contributed by atoms with Gasteiger partial charge in [0.15, 0.2) is 0 Å². The Morgan fingerprint density at radius 3 is 2.30 bits per heavy atom. The van der Waals surface area contributed by atoms with Gasteiger partial charge in [-0.05, 0) is 49.7 Å². The summed E-state index contributed by atoms with van der Waals surface area (Å²) in [5.41, 5.74) is 1.31. The first-order chi connectivity index (χ1) is 15.8. The van der Waals surface area contributed by atoms with Crippen LogP contribution in [-0.4, -0.2) is 44.5 Å². The maximum absolute atomic E-state index is 13.8. The highest BCUT2D eigenvalue weighted by molar-refractivity contribution is 7.92. The summed E-state index contributed by atoms with van der Waals surface area (Å²) >= 11 is 0. The number of ether oxygens (including phenoxy) is 1. The highest BCUT2D eigenvalue weighted by Gasteiger charge is 2.35. The first-order valence-electron chi connectivity index (χ1n) is 10.9. The summed E-state index contributed by atoms with van der Waals surface area (Å²) in [7, 11) is -3.93. The summed E-state index contributed by atoms with van der Waals surface area (Å²) < 4.78 is 34.5. The van der Waals surface area contributed by atoms with Crippen LogP contribution in [0.1, 0.15) is 29.8 Å². The lowest BCUT2D eigenvalue weighted by molar-refractivity contribution is -0.0370. The molecule has 0 spiro atoms. The van der Waals surface area contributed by atoms with Gasteiger partial charge in [0.25, 0.3) is 15.9 Å². The quantitative estimate of drug-likeness (QED) is 0.545. The number of sulfonamides is 1. The average molecular weight is 465 g/mol. The van der Waals surface area contributed by atoms with Crippen LogP contribution in [0.2, 0.25) is 0 Å². The second-order valence-corrected chi connectivity index (χ2v) is 10.5. The van der Waals surface area contributed by atoms with E-state index in [-0.39, 0.29) is 17.3 Å². The van der Waals surface area contributed by atoms with E-state index in [1.807, 2.05) is 62.4 Å². The number of benzene rings is 3. The third-order valence-electron chi connectivity index (χ3n) is 5.77. The first kappa shape index (κ1) is 23.0. The lowest BCUT2D eigenvalue weighted by Gasteiger charge is -2.42. The molecule has 172 valence electrons. The lowest BCUT2D eigenvalue weighted by Crippen LogP contribution is -2.55. The summed E-state index contributed by atoms with van der Waals surface area (Å²) in [5.74, 6) is -0.199. The zero-order valence-electron chi connectivity index (χ0n) is 18.8. The van der Waals surface area contributed by atoms with Crippen molar-refractivity contribution in [3.63, 3.8) is 0 Å². The normalized spacial score (nSPS) is 15.8. The molecule has 1 heterocycles. The van der Waals surface area contributed by atoms with Gasteiger partial charge in [-0.15, -0.1) is 0 Å². The summed E-state index contributed by atoms with van der Waals surface area (Å²) in [6.07, 6.45) is 0. The van der Waals surface area contributed by atoms with Gasteiger partial charge in [0.05, 0.1) is 35.9 Å². The number of carbonyl (C=O) groups is 1. The van der Waals surface area contributed by atoms with Crippen molar-refractivity contribution in [3.05, 3.63) is 96.1 Å². The number of nitrogens with zero attached hydrogens (tertiary/aromatic N) is 2. The Hall–Kier alpha value is -3.16. The Kier molecular flexibility index (Phi) is 6.54. The predicted molar refractivity (Wildman–Crippen MR) is 129 cm³/mol. The van der Waals surface area contributed by atoms with Gasteiger partial charge in [0, 0.05) is 12.1 Å². The van der Waals surface area contributed by atoms with Gasteiger partial charge < -0.3 is 9.64 Å². The van der Waals surface area contributed by atoms with Gasteiger partial charge in [-0.25, -0.2) is 8.42 Å². The Bertz CT molecular complexity index is 1210. The van der Waals surface area contributed by atoms with E-state index in [0.29, 0.717) is 31.0 Å². The molecule has 0 aromatic heterocycles. The topological polar surface area (TPSA) is 66.9 Å². The summed E-state index contributed by atoms with van der Waals surface area (Å²) in [6, 6.07) is 24.8. The molecule has 0 atom stereocenters. The van der Waals surface area contributed by atoms with Crippen molar-refractivity contribution in [1.82, 2.24) is 4.90 Å². The molecule has 1 saturated heterocycles. The maximum atomic E-state index is 13.8. The van der Waals surface area contributed by atoms with E-state index in [2.05, 4.69) is 0 Å². The molecule has 0 aliphatic carbocycles. The smallest absolute Gasteiger partial charge is 0.264 e. The summed E-state index contributed by atoms with van der Waals surface area (Å²) in [5, 5.41) is 0. The largest absolute Gasteiger partial charge is 0.377 e. The van der Waals surface area contributed by atoms with Crippen LogP contribution >= 0.6 is 0 Å². The Labute approximate surface area is 195 Å². The van der Waals surface area contributed by atoms with Crippen molar-refractivity contribution in [3.8, 4) is 0 Å². The Morgan fingerprint density at radius 1 is 0.970 bits per heavy atom. The number of anilines is 1. The van der Waals surface area contributed by atoms with Gasteiger partial charge in [0.1, 0.15) is 0 Å². The molecule has 33 heavy (non-hydrogen) atoms. The molecular weight excluding hydrogens is 436 g/mol. The average Bonchev–Trinajstić information content (AvgIpc) is 2.83. The van der Waals surface area contributed by atoms with Crippen LogP contribution in [0.25, 0.3) is 0 Å². The fourth-order valence-electron chi connectivity index (χ4n) is 3.97. The third-order valence-corrected chi connectivity index (χ3v) is 7.54. The van der Waals surface area contributed by atoms with Crippen LogP contribution in [0, 0.1) is 0 Å². The Balaban J connectivity index is 1.71. The van der Waals surface area contributed by atoms with Crippen molar-refractivity contribution in [1.29, 1.82) is 0 Å². The second kappa shape index (κ2) is 9.37. The highest BCUT2D eigenvalue weighted by atomic mass is 32.2. The number of carbonyl (C=O) groups excluding carboxylic acids is 1. The minimum absolute atomic E-state index is 0.0826. The minimum atomic E-state index is -3.93.